The molecule has 2 nitrogen and oxygen atoms in total. The molecular weight excluding hydrogens is 174 g/mol. The predicted molar refractivity (Wildman–Crippen MR) is 58.9 cm³/mol. The number of benzene rings is 1. The van der Waals surface area contributed by atoms with Gasteiger partial charge in [0.15, 0.2) is 0 Å². The zero-order chi connectivity index (χ0) is 9.97. The third-order valence-electron chi connectivity index (χ3n) is 2.15. The summed E-state index contributed by atoms with van der Waals surface area (Å²) in [6.07, 6.45) is 2.87. The van der Waals surface area contributed by atoms with Crippen LogP contribution in [0.25, 0.3) is 0 Å². The highest BCUT2D eigenvalue weighted by atomic mass is 16.5. The van der Waals surface area contributed by atoms with E-state index in [0.29, 0.717) is 12.1 Å². The van der Waals surface area contributed by atoms with Crippen LogP contribution in [0.5, 0.6) is 5.75 Å². The number of ether oxygens (including phenoxy) is 1. The number of anilines is 1. The van der Waals surface area contributed by atoms with E-state index in [0.717, 1.165) is 11.4 Å². The third-order valence-corrected chi connectivity index (χ3v) is 2.15. The lowest BCUT2D eigenvalue weighted by atomic mass is 10.2. The van der Waals surface area contributed by atoms with Crippen LogP contribution in [-0.4, -0.2) is 12.1 Å². The quantitative estimate of drug-likeness (QED) is 0.789. The molecule has 0 heterocycles. The molecule has 76 valence electrons. The van der Waals surface area contributed by atoms with Crippen LogP contribution >= 0.6 is 0 Å². The Morgan fingerprint density at radius 2 is 2.00 bits per heavy atom. The summed E-state index contributed by atoms with van der Waals surface area (Å²) in [6, 6.07) is 8.59. The van der Waals surface area contributed by atoms with E-state index in [1.54, 1.807) is 0 Å². The Hall–Kier alpha value is -1.18. The van der Waals surface area contributed by atoms with Crippen molar-refractivity contribution in [1.29, 1.82) is 0 Å². The molecule has 0 unspecified atom stereocenters. The maximum atomic E-state index is 5.79. The van der Waals surface area contributed by atoms with Gasteiger partial charge in [-0.1, -0.05) is 12.1 Å². The van der Waals surface area contributed by atoms with Gasteiger partial charge in [0.1, 0.15) is 5.75 Å². The summed E-state index contributed by atoms with van der Waals surface area (Å²) in [4.78, 5) is 0. The largest absolute Gasteiger partial charge is 0.488 e. The van der Waals surface area contributed by atoms with Crippen LogP contribution in [0.3, 0.4) is 0 Å². The van der Waals surface area contributed by atoms with Gasteiger partial charge < -0.3 is 10.1 Å². The molecule has 0 bridgehead atoms. The number of nitrogens with one attached hydrogen (secondary N) is 1. The van der Waals surface area contributed by atoms with E-state index in [-0.39, 0.29) is 0 Å². The summed E-state index contributed by atoms with van der Waals surface area (Å²) in [6.45, 7) is 4.27. The number of hydrogen-bond donors (Lipinski definition) is 1. The van der Waals surface area contributed by atoms with E-state index in [9.17, 15) is 0 Å². The lowest BCUT2D eigenvalue weighted by molar-refractivity contribution is 0.304. The number of hydrogen-bond acceptors (Lipinski definition) is 2. The van der Waals surface area contributed by atoms with Crippen LogP contribution in [0, 0.1) is 0 Å². The van der Waals surface area contributed by atoms with Gasteiger partial charge in [-0.15, -0.1) is 0 Å². The first-order chi connectivity index (χ1) is 6.75. The number of para-hydroxylation sites is 2. The van der Waals surface area contributed by atoms with Gasteiger partial charge >= 0.3 is 0 Å². The van der Waals surface area contributed by atoms with E-state index < -0.39 is 0 Å². The van der Waals surface area contributed by atoms with Crippen molar-refractivity contribution in [3.05, 3.63) is 24.3 Å². The molecule has 0 amide bonds. The Morgan fingerprint density at radius 3 is 2.64 bits per heavy atom. The molecule has 0 saturated heterocycles. The van der Waals surface area contributed by atoms with Crippen molar-refractivity contribution in [2.45, 2.75) is 38.8 Å². The van der Waals surface area contributed by atoms with Crippen molar-refractivity contribution < 1.29 is 4.74 Å². The summed E-state index contributed by atoms with van der Waals surface area (Å²) in [5.74, 6) is 0.990. The highest BCUT2D eigenvalue weighted by Crippen LogP contribution is 2.31. The molecule has 1 saturated carbocycles. The number of rotatable bonds is 4. The lowest BCUT2D eigenvalue weighted by Gasteiger charge is -2.14. The van der Waals surface area contributed by atoms with Crippen molar-refractivity contribution >= 4 is 5.69 Å². The van der Waals surface area contributed by atoms with E-state index in [2.05, 4.69) is 25.2 Å². The fourth-order valence-electron chi connectivity index (χ4n) is 1.37. The van der Waals surface area contributed by atoms with Gasteiger partial charge in [0.05, 0.1) is 11.8 Å². The Balaban J connectivity index is 2.10. The zero-order valence-electron chi connectivity index (χ0n) is 8.79. The average Bonchev–Trinajstić information content (AvgIpc) is 2.91. The normalized spacial score (nSPS) is 15.6. The van der Waals surface area contributed by atoms with Crippen LogP contribution in [0.4, 0.5) is 5.69 Å². The van der Waals surface area contributed by atoms with E-state index in [1.165, 1.54) is 12.8 Å². The SMILES string of the molecule is CC(C)Nc1ccccc1OC1CC1. The van der Waals surface area contributed by atoms with Gasteiger partial charge in [0.2, 0.25) is 0 Å². The van der Waals surface area contributed by atoms with Crippen LogP contribution in [0.15, 0.2) is 24.3 Å². The van der Waals surface area contributed by atoms with Crippen molar-refractivity contribution in [3.8, 4) is 5.75 Å². The van der Waals surface area contributed by atoms with Gasteiger partial charge in [-0.2, -0.15) is 0 Å². The molecule has 1 aliphatic carbocycles. The predicted octanol–water partition coefficient (Wildman–Crippen LogP) is 3.05. The van der Waals surface area contributed by atoms with Crippen molar-refractivity contribution in [3.63, 3.8) is 0 Å². The molecule has 0 aromatic heterocycles. The maximum absolute atomic E-state index is 5.79. The van der Waals surface area contributed by atoms with Crippen molar-refractivity contribution in [2.24, 2.45) is 0 Å². The fourth-order valence-corrected chi connectivity index (χ4v) is 1.37. The highest BCUT2D eigenvalue weighted by Gasteiger charge is 2.24. The summed E-state index contributed by atoms with van der Waals surface area (Å²) >= 11 is 0. The Labute approximate surface area is 85.3 Å². The molecule has 1 N–H and O–H groups in total. The van der Waals surface area contributed by atoms with Gasteiger partial charge in [-0.3, -0.25) is 0 Å². The van der Waals surface area contributed by atoms with Crippen molar-refractivity contribution in [1.82, 2.24) is 0 Å². The van der Waals surface area contributed by atoms with Gasteiger partial charge in [-0.25, -0.2) is 0 Å². The molecule has 0 atom stereocenters. The standard InChI is InChI=1S/C12H17NO/c1-9(2)13-11-5-3-4-6-12(11)14-10-7-8-10/h3-6,9-10,13H,7-8H2,1-2H3. The van der Waals surface area contributed by atoms with Gasteiger partial charge in [0, 0.05) is 6.04 Å². The summed E-state index contributed by atoms with van der Waals surface area (Å²) in [5.41, 5.74) is 1.11. The second-order valence-corrected chi connectivity index (χ2v) is 4.11. The molecule has 0 spiro atoms. The Morgan fingerprint density at radius 1 is 1.29 bits per heavy atom. The molecule has 1 fully saturated rings. The van der Waals surface area contributed by atoms with Gasteiger partial charge in [-0.05, 0) is 38.8 Å². The average molecular weight is 191 g/mol. The maximum Gasteiger partial charge on any atom is 0.142 e. The monoisotopic (exact) mass is 191 g/mol. The molecule has 2 rings (SSSR count). The van der Waals surface area contributed by atoms with E-state index in [1.807, 2.05) is 18.2 Å². The lowest BCUT2D eigenvalue weighted by Crippen LogP contribution is -2.11. The van der Waals surface area contributed by atoms with E-state index >= 15 is 0 Å². The highest BCUT2D eigenvalue weighted by molar-refractivity contribution is 5.56. The molecule has 0 radical (unpaired) electrons. The molecule has 1 aromatic carbocycles. The van der Waals surface area contributed by atoms with Crippen LogP contribution < -0.4 is 10.1 Å². The summed E-state index contributed by atoms with van der Waals surface area (Å²) in [5, 5.41) is 3.38. The molecule has 1 aromatic rings. The van der Waals surface area contributed by atoms with Crippen LogP contribution in [-0.2, 0) is 0 Å². The molecule has 2 heteroatoms. The summed E-state index contributed by atoms with van der Waals surface area (Å²) in [7, 11) is 0. The topological polar surface area (TPSA) is 21.3 Å². The second kappa shape index (κ2) is 3.91. The smallest absolute Gasteiger partial charge is 0.142 e. The first-order valence-electron chi connectivity index (χ1n) is 5.28. The fraction of sp³-hybridized carbons (Fsp3) is 0.500. The third kappa shape index (κ3) is 2.41. The molecule has 0 aliphatic heterocycles. The minimum atomic E-state index is 0.443. The second-order valence-electron chi connectivity index (χ2n) is 4.11. The molecule has 1 aliphatic rings. The minimum Gasteiger partial charge on any atom is -0.488 e. The summed E-state index contributed by atoms with van der Waals surface area (Å²) < 4.78 is 5.79. The Kier molecular flexibility index (Phi) is 2.62. The van der Waals surface area contributed by atoms with Crippen molar-refractivity contribution in [2.75, 3.05) is 5.32 Å². The van der Waals surface area contributed by atoms with Gasteiger partial charge in [0.25, 0.3) is 0 Å². The molecular formula is C12H17NO. The van der Waals surface area contributed by atoms with Crippen LogP contribution in [0.2, 0.25) is 0 Å². The first kappa shape index (κ1) is 9.38. The molecule has 14 heavy (non-hydrogen) atoms. The van der Waals surface area contributed by atoms with Crippen LogP contribution in [0.1, 0.15) is 26.7 Å². The Bertz CT molecular complexity index is 282. The first-order valence-corrected chi connectivity index (χ1v) is 5.28. The zero-order valence-corrected chi connectivity index (χ0v) is 8.79. The minimum absolute atomic E-state index is 0.443. The van der Waals surface area contributed by atoms with E-state index in [4.69, 9.17) is 4.74 Å².